The average molecular weight is 320 g/mol. The van der Waals surface area contributed by atoms with Gasteiger partial charge in [0.1, 0.15) is 6.61 Å². The van der Waals surface area contributed by atoms with Crippen molar-refractivity contribution in [3.8, 4) is 0 Å². The van der Waals surface area contributed by atoms with Crippen LogP contribution in [0.3, 0.4) is 0 Å². The second-order valence-corrected chi connectivity index (χ2v) is 5.00. The van der Waals surface area contributed by atoms with Crippen molar-refractivity contribution in [3.63, 3.8) is 0 Å². The molecule has 2 aromatic rings. The van der Waals surface area contributed by atoms with E-state index in [2.05, 4.69) is 0 Å². The van der Waals surface area contributed by atoms with Crippen LogP contribution in [0.15, 0.2) is 48.5 Å². The predicted octanol–water partition coefficient (Wildman–Crippen LogP) is 3.81. The molecule has 5 nitrogen and oxygen atoms in total. The van der Waals surface area contributed by atoms with Crippen LogP contribution < -0.4 is 4.90 Å². The van der Waals surface area contributed by atoms with Crippen molar-refractivity contribution in [2.45, 2.75) is 6.61 Å². The van der Waals surface area contributed by atoms with Crippen molar-refractivity contribution in [2.75, 3.05) is 11.9 Å². The summed E-state index contributed by atoms with van der Waals surface area (Å²) in [6.45, 7) is 0.104. The lowest BCUT2D eigenvalue weighted by molar-refractivity contribution is 0.0697. The second kappa shape index (κ2) is 6.95. The molecule has 0 unspecified atom stereocenters. The lowest BCUT2D eigenvalue weighted by Crippen LogP contribution is -2.28. The van der Waals surface area contributed by atoms with Crippen LogP contribution in [0.2, 0.25) is 5.02 Å². The third kappa shape index (κ3) is 3.77. The Kier molecular flexibility index (Phi) is 5.01. The number of halogens is 1. The molecule has 0 saturated carbocycles. The number of carboxylic acid groups (broad SMARTS) is 1. The molecule has 0 spiro atoms. The molecule has 1 amide bonds. The number of hydrogen-bond acceptors (Lipinski definition) is 3. The van der Waals surface area contributed by atoms with Gasteiger partial charge in [-0.3, -0.25) is 4.90 Å². The zero-order valence-corrected chi connectivity index (χ0v) is 12.6. The predicted molar refractivity (Wildman–Crippen MR) is 83.4 cm³/mol. The first-order chi connectivity index (χ1) is 10.5. The maximum atomic E-state index is 12.1. The zero-order chi connectivity index (χ0) is 16.1. The van der Waals surface area contributed by atoms with E-state index in [9.17, 15) is 14.7 Å². The van der Waals surface area contributed by atoms with Crippen molar-refractivity contribution >= 4 is 29.4 Å². The summed E-state index contributed by atoms with van der Waals surface area (Å²) in [5.41, 5.74) is 0.996. The van der Waals surface area contributed by atoms with Crippen molar-refractivity contribution in [2.24, 2.45) is 0 Å². The maximum Gasteiger partial charge on any atom is 0.414 e. The summed E-state index contributed by atoms with van der Waals surface area (Å²) in [4.78, 5) is 24.4. The van der Waals surface area contributed by atoms with Gasteiger partial charge in [0, 0.05) is 12.1 Å². The molecule has 0 aliphatic carbocycles. The third-order valence-corrected chi connectivity index (χ3v) is 3.27. The van der Waals surface area contributed by atoms with Gasteiger partial charge in [-0.15, -0.1) is 0 Å². The number of rotatable bonds is 4. The van der Waals surface area contributed by atoms with Crippen LogP contribution in [0.1, 0.15) is 15.9 Å². The van der Waals surface area contributed by atoms with Crippen molar-refractivity contribution in [3.05, 3.63) is 64.7 Å². The molecule has 0 aliphatic rings. The zero-order valence-electron chi connectivity index (χ0n) is 11.8. The standard InChI is InChI=1S/C16H14ClNO4/c1-18(14-9-12(17)7-8-13(14)15(19)20)16(21)22-10-11-5-3-2-4-6-11/h2-9H,10H2,1H3,(H,19,20). The smallest absolute Gasteiger partial charge is 0.414 e. The summed E-state index contributed by atoms with van der Waals surface area (Å²) < 4.78 is 5.17. The van der Waals surface area contributed by atoms with Crippen LogP contribution in [0.4, 0.5) is 10.5 Å². The van der Waals surface area contributed by atoms with Crippen LogP contribution in [0.5, 0.6) is 0 Å². The van der Waals surface area contributed by atoms with Crippen molar-refractivity contribution in [1.29, 1.82) is 0 Å². The van der Waals surface area contributed by atoms with Gasteiger partial charge in [0.2, 0.25) is 0 Å². The second-order valence-electron chi connectivity index (χ2n) is 4.57. The Hall–Kier alpha value is -2.53. The highest BCUT2D eigenvalue weighted by molar-refractivity contribution is 6.31. The van der Waals surface area contributed by atoms with Gasteiger partial charge in [0.15, 0.2) is 0 Å². The number of carbonyl (C=O) groups excluding carboxylic acids is 1. The molecule has 1 N–H and O–H groups in total. The summed E-state index contributed by atoms with van der Waals surface area (Å²) >= 11 is 5.87. The molecule has 0 aromatic heterocycles. The van der Waals surface area contributed by atoms with Gasteiger partial charge in [0.25, 0.3) is 0 Å². The van der Waals surface area contributed by atoms with Gasteiger partial charge in [-0.2, -0.15) is 0 Å². The molecule has 0 bridgehead atoms. The van der Waals surface area contributed by atoms with Crippen LogP contribution in [0, 0.1) is 0 Å². The van der Waals surface area contributed by atoms with Crippen LogP contribution in [-0.2, 0) is 11.3 Å². The van der Waals surface area contributed by atoms with Gasteiger partial charge >= 0.3 is 12.1 Å². The monoisotopic (exact) mass is 319 g/mol. The lowest BCUT2D eigenvalue weighted by Gasteiger charge is -2.19. The molecule has 0 heterocycles. The number of benzene rings is 2. The number of nitrogens with zero attached hydrogens (tertiary/aromatic N) is 1. The average Bonchev–Trinajstić information content (AvgIpc) is 2.52. The van der Waals surface area contributed by atoms with E-state index in [0.717, 1.165) is 10.5 Å². The van der Waals surface area contributed by atoms with E-state index in [1.165, 1.54) is 25.2 Å². The van der Waals surface area contributed by atoms with Gasteiger partial charge < -0.3 is 9.84 Å². The van der Waals surface area contributed by atoms with Crippen LogP contribution >= 0.6 is 11.6 Å². The fourth-order valence-electron chi connectivity index (χ4n) is 1.88. The highest BCUT2D eigenvalue weighted by Gasteiger charge is 2.19. The molecule has 0 aliphatic heterocycles. The lowest BCUT2D eigenvalue weighted by atomic mass is 10.1. The largest absolute Gasteiger partial charge is 0.478 e. The summed E-state index contributed by atoms with van der Waals surface area (Å²) in [7, 11) is 1.44. The molecule has 22 heavy (non-hydrogen) atoms. The highest BCUT2D eigenvalue weighted by Crippen LogP contribution is 2.25. The molecule has 2 aromatic carbocycles. The number of anilines is 1. The van der Waals surface area contributed by atoms with Crippen molar-refractivity contribution in [1.82, 2.24) is 0 Å². The van der Waals surface area contributed by atoms with Crippen LogP contribution in [-0.4, -0.2) is 24.2 Å². The minimum Gasteiger partial charge on any atom is -0.478 e. The maximum absolute atomic E-state index is 12.1. The van der Waals surface area contributed by atoms with Gasteiger partial charge in [-0.1, -0.05) is 41.9 Å². The van der Waals surface area contributed by atoms with Crippen LogP contribution in [0.25, 0.3) is 0 Å². The number of carboxylic acids is 1. The summed E-state index contributed by atoms with van der Waals surface area (Å²) in [5, 5.41) is 9.51. The fourth-order valence-corrected chi connectivity index (χ4v) is 2.04. The highest BCUT2D eigenvalue weighted by atomic mass is 35.5. The summed E-state index contributed by atoms with van der Waals surface area (Å²) in [6, 6.07) is 13.4. The van der Waals surface area contributed by atoms with Gasteiger partial charge in [0.05, 0.1) is 11.3 Å². The number of carbonyl (C=O) groups is 2. The number of ether oxygens (including phenoxy) is 1. The first kappa shape index (κ1) is 15.9. The molecular formula is C16H14ClNO4. The topological polar surface area (TPSA) is 66.8 Å². The number of hydrogen-bond donors (Lipinski definition) is 1. The number of aromatic carboxylic acids is 1. The Morgan fingerprint density at radius 3 is 2.50 bits per heavy atom. The Morgan fingerprint density at radius 1 is 1.18 bits per heavy atom. The SMILES string of the molecule is CN(C(=O)OCc1ccccc1)c1cc(Cl)ccc1C(=O)O. The van der Waals surface area contributed by atoms with E-state index >= 15 is 0 Å². The van der Waals surface area contributed by atoms with E-state index < -0.39 is 12.1 Å². The number of amides is 1. The fraction of sp³-hybridized carbons (Fsp3) is 0.125. The molecule has 2 rings (SSSR count). The molecule has 0 radical (unpaired) electrons. The van der Waals surface area contributed by atoms with Gasteiger partial charge in [-0.25, -0.2) is 9.59 Å². The molecular weight excluding hydrogens is 306 g/mol. The Labute approximate surface area is 132 Å². The third-order valence-electron chi connectivity index (χ3n) is 3.03. The first-order valence-electron chi connectivity index (χ1n) is 6.46. The van der Waals surface area contributed by atoms with E-state index in [1.54, 1.807) is 0 Å². The molecule has 0 saturated heterocycles. The van der Waals surface area contributed by atoms with Crippen molar-refractivity contribution < 1.29 is 19.4 Å². The Bertz CT molecular complexity index is 688. The molecule has 114 valence electrons. The Balaban J connectivity index is 2.13. The summed E-state index contributed by atoms with van der Waals surface area (Å²) in [5.74, 6) is -1.14. The quantitative estimate of drug-likeness (QED) is 0.930. The van der Waals surface area contributed by atoms with Gasteiger partial charge in [-0.05, 0) is 23.8 Å². The minimum atomic E-state index is -1.14. The Morgan fingerprint density at radius 2 is 1.86 bits per heavy atom. The van der Waals surface area contributed by atoms with E-state index in [1.807, 2.05) is 30.3 Å². The molecule has 6 heteroatoms. The van der Waals surface area contributed by atoms with E-state index in [-0.39, 0.29) is 17.9 Å². The first-order valence-corrected chi connectivity index (χ1v) is 6.84. The minimum absolute atomic E-state index is 0.0245. The molecule has 0 atom stereocenters. The van der Waals surface area contributed by atoms with E-state index in [0.29, 0.717) is 5.02 Å². The van der Waals surface area contributed by atoms with E-state index in [4.69, 9.17) is 16.3 Å². The normalized spacial score (nSPS) is 10.1. The summed E-state index contributed by atoms with van der Waals surface area (Å²) in [6.07, 6.45) is -0.659. The molecule has 0 fully saturated rings.